The average Bonchev–Trinajstić information content (AvgIpc) is 2.28. The van der Waals surface area contributed by atoms with E-state index in [9.17, 15) is 4.79 Å². The maximum absolute atomic E-state index is 10.8. The standard InChI is InChI=1S/C15H23NO2/c1-11(2)9-13-5-7-14(8-6-13)16(4)10-12(3)15(17)18/h5-8,11-12H,9-10H2,1-4H3,(H,17,18). The third-order valence-corrected chi connectivity index (χ3v) is 2.99. The molecule has 0 saturated heterocycles. The maximum atomic E-state index is 10.8. The number of nitrogens with zero attached hydrogens (tertiary/aromatic N) is 1. The van der Waals surface area contributed by atoms with E-state index in [4.69, 9.17) is 5.11 Å². The Hall–Kier alpha value is -1.51. The first-order valence-corrected chi connectivity index (χ1v) is 6.43. The van der Waals surface area contributed by atoms with Crippen LogP contribution < -0.4 is 4.90 Å². The van der Waals surface area contributed by atoms with E-state index >= 15 is 0 Å². The van der Waals surface area contributed by atoms with Crippen LogP contribution in [0.5, 0.6) is 0 Å². The van der Waals surface area contributed by atoms with Crippen molar-refractivity contribution in [2.75, 3.05) is 18.5 Å². The summed E-state index contributed by atoms with van der Waals surface area (Å²) in [6.45, 7) is 6.66. The third-order valence-electron chi connectivity index (χ3n) is 2.99. The van der Waals surface area contributed by atoms with Crippen LogP contribution in [0.2, 0.25) is 0 Å². The van der Waals surface area contributed by atoms with Crippen molar-refractivity contribution in [2.24, 2.45) is 11.8 Å². The van der Waals surface area contributed by atoms with Crippen molar-refractivity contribution in [3.63, 3.8) is 0 Å². The lowest BCUT2D eigenvalue weighted by atomic mass is 10.0. The topological polar surface area (TPSA) is 40.5 Å². The summed E-state index contributed by atoms with van der Waals surface area (Å²) < 4.78 is 0. The summed E-state index contributed by atoms with van der Waals surface area (Å²) in [7, 11) is 1.93. The van der Waals surface area contributed by atoms with Crippen LogP contribution >= 0.6 is 0 Å². The molecule has 3 nitrogen and oxygen atoms in total. The molecular formula is C15H23NO2. The molecule has 0 bridgehead atoms. The highest BCUT2D eigenvalue weighted by atomic mass is 16.4. The number of benzene rings is 1. The smallest absolute Gasteiger partial charge is 0.308 e. The molecule has 0 amide bonds. The molecule has 1 aromatic rings. The van der Waals surface area contributed by atoms with E-state index in [1.807, 2.05) is 11.9 Å². The highest BCUT2D eigenvalue weighted by Gasteiger charge is 2.13. The lowest BCUT2D eigenvalue weighted by Crippen LogP contribution is -2.28. The first-order chi connectivity index (χ1) is 8.40. The van der Waals surface area contributed by atoms with E-state index in [2.05, 4.69) is 38.1 Å². The normalized spacial score (nSPS) is 12.5. The molecule has 0 aliphatic carbocycles. The Labute approximate surface area is 109 Å². The largest absolute Gasteiger partial charge is 0.481 e. The Morgan fingerprint density at radius 2 is 1.78 bits per heavy atom. The Balaban J connectivity index is 2.64. The van der Waals surface area contributed by atoms with Gasteiger partial charge in [-0.15, -0.1) is 0 Å². The first kappa shape index (κ1) is 14.6. The molecule has 0 radical (unpaired) electrons. The van der Waals surface area contributed by atoms with Crippen molar-refractivity contribution in [3.8, 4) is 0 Å². The fourth-order valence-electron chi connectivity index (χ4n) is 1.95. The van der Waals surface area contributed by atoms with E-state index in [1.165, 1.54) is 5.56 Å². The van der Waals surface area contributed by atoms with Gasteiger partial charge in [-0.2, -0.15) is 0 Å². The average molecular weight is 249 g/mol. The molecule has 0 aliphatic rings. The predicted molar refractivity (Wildman–Crippen MR) is 75.1 cm³/mol. The minimum Gasteiger partial charge on any atom is -0.481 e. The van der Waals surface area contributed by atoms with E-state index < -0.39 is 5.97 Å². The van der Waals surface area contributed by atoms with Crippen LogP contribution in [0.1, 0.15) is 26.3 Å². The number of carboxylic acid groups (broad SMARTS) is 1. The lowest BCUT2D eigenvalue weighted by Gasteiger charge is -2.21. The van der Waals surface area contributed by atoms with Gasteiger partial charge in [-0.3, -0.25) is 4.79 Å². The SMILES string of the molecule is CC(C)Cc1ccc(N(C)CC(C)C(=O)O)cc1. The molecule has 0 aromatic heterocycles. The summed E-state index contributed by atoms with van der Waals surface area (Å²) >= 11 is 0. The molecule has 1 rings (SSSR count). The van der Waals surface area contributed by atoms with Crippen molar-refractivity contribution in [1.82, 2.24) is 0 Å². The third kappa shape index (κ3) is 4.40. The number of carbonyl (C=O) groups is 1. The van der Waals surface area contributed by atoms with Gasteiger partial charge in [-0.25, -0.2) is 0 Å². The quantitative estimate of drug-likeness (QED) is 0.842. The number of rotatable bonds is 6. The molecule has 0 fully saturated rings. The van der Waals surface area contributed by atoms with Gasteiger partial charge in [-0.05, 0) is 30.0 Å². The first-order valence-electron chi connectivity index (χ1n) is 6.43. The van der Waals surface area contributed by atoms with E-state index in [0.29, 0.717) is 12.5 Å². The van der Waals surface area contributed by atoms with Crippen LogP contribution in [0.3, 0.4) is 0 Å². The van der Waals surface area contributed by atoms with E-state index in [1.54, 1.807) is 6.92 Å². The monoisotopic (exact) mass is 249 g/mol. The lowest BCUT2D eigenvalue weighted by molar-refractivity contribution is -0.140. The highest BCUT2D eigenvalue weighted by molar-refractivity contribution is 5.70. The molecule has 1 N–H and O–H groups in total. The van der Waals surface area contributed by atoms with Gasteiger partial charge in [0.15, 0.2) is 0 Å². The van der Waals surface area contributed by atoms with Gasteiger partial charge in [0.05, 0.1) is 5.92 Å². The van der Waals surface area contributed by atoms with Crippen LogP contribution in [-0.2, 0) is 11.2 Å². The molecular weight excluding hydrogens is 226 g/mol. The van der Waals surface area contributed by atoms with Gasteiger partial charge in [-0.1, -0.05) is 32.9 Å². The minimum atomic E-state index is -0.752. The van der Waals surface area contributed by atoms with E-state index in [0.717, 1.165) is 12.1 Å². The van der Waals surface area contributed by atoms with Crippen LogP contribution in [0.15, 0.2) is 24.3 Å². The second-order valence-electron chi connectivity index (χ2n) is 5.38. The van der Waals surface area contributed by atoms with Gasteiger partial charge in [0.1, 0.15) is 0 Å². The second kappa shape index (κ2) is 6.43. The summed E-state index contributed by atoms with van der Waals surface area (Å²) in [5.41, 5.74) is 2.39. The van der Waals surface area contributed by atoms with Gasteiger partial charge >= 0.3 is 5.97 Å². The van der Waals surface area contributed by atoms with Crippen LogP contribution in [-0.4, -0.2) is 24.7 Å². The number of anilines is 1. The Kier molecular flexibility index (Phi) is 5.20. The van der Waals surface area contributed by atoms with Gasteiger partial charge in [0, 0.05) is 19.3 Å². The zero-order valence-corrected chi connectivity index (χ0v) is 11.7. The molecule has 0 heterocycles. The molecule has 0 spiro atoms. The predicted octanol–water partition coefficient (Wildman–Crippen LogP) is 3.04. The molecule has 0 aliphatic heterocycles. The van der Waals surface area contributed by atoms with Crippen molar-refractivity contribution in [2.45, 2.75) is 27.2 Å². The van der Waals surface area contributed by atoms with Crippen molar-refractivity contribution in [3.05, 3.63) is 29.8 Å². The van der Waals surface area contributed by atoms with Crippen LogP contribution in [0.4, 0.5) is 5.69 Å². The fourth-order valence-corrected chi connectivity index (χ4v) is 1.95. The minimum absolute atomic E-state index is 0.356. The molecule has 18 heavy (non-hydrogen) atoms. The second-order valence-corrected chi connectivity index (χ2v) is 5.38. The molecule has 3 heteroatoms. The fraction of sp³-hybridized carbons (Fsp3) is 0.533. The molecule has 1 atom stereocenters. The Morgan fingerprint density at radius 1 is 1.22 bits per heavy atom. The van der Waals surface area contributed by atoms with Crippen molar-refractivity contribution < 1.29 is 9.90 Å². The molecule has 100 valence electrons. The number of aliphatic carboxylic acids is 1. The summed E-state index contributed by atoms with van der Waals surface area (Å²) in [6, 6.07) is 8.37. The zero-order chi connectivity index (χ0) is 13.7. The highest BCUT2D eigenvalue weighted by Crippen LogP contribution is 2.17. The van der Waals surface area contributed by atoms with Crippen LogP contribution in [0, 0.1) is 11.8 Å². The zero-order valence-electron chi connectivity index (χ0n) is 11.7. The number of hydrogen-bond acceptors (Lipinski definition) is 2. The van der Waals surface area contributed by atoms with Crippen LogP contribution in [0.25, 0.3) is 0 Å². The summed E-state index contributed by atoms with van der Waals surface area (Å²) in [6.07, 6.45) is 1.08. The Morgan fingerprint density at radius 3 is 2.22 bits per heavy atom. The summed E-state index contributed by atoms with van der Waals surface area (Å²) in [4.78, 5) is 12.8. The van der Waals surface area contributed by atoms with Gasteiger partial charge < -0.3 is 10.0 Å². The van der Waals surface area contributed by atoms with Crippen molar-refractivity contribution >= 4 is 11.7 Å². The van der Waals surface area contributed by atoms with Crippen molar-refractivity contribution in [1.29, 1.82) is 0 Å². The van der Waals surface area contributed by atoms with E-state index in [-0.39, 0.29) is 5.92 Å². The van der Waals surface area contributed by atoms with Gasteiger partial charge in [0.25, 0.3) is 0 Å². The summed E-state index contributed by atoms with van der Waals surface area (Å²) in [5.74, 6) is -0.454. The number of carboxylic acids is 1. The molecule has 1 aromatic carbocycles. The van der Waals surface area contributed by atoms with Gasteiger partial charge in [0.2, 0.25) is 0 Å². The molecule has 0 saturated carbocycles. The number of hydrogen-bond donors (Lipinski definition) is 1. The molecule has 1 unspecified atom stereocenters. The Bertz CT molecular complexity index is 384. The maximum Gasteiger partial charge on any atom is 0.308 e. The summed E-state index contributed by atoms with van der Waals surface area (Å²) in [5, 5.41) is 8.89.